The van der Waals surface area contributed by atoms with Crippen LogP contribution >= 0.6 is 0 Å². The van der Waals surface area contributed by atoms with Crippen LogP contribution in [0.1, 0.15) is 36.2 Å². The van der Waals surface area contributed by atoms with Crippen LogP contribution in [0.3, 0.4) is 0 Å². The fraction of sp³-hybridized carbons (Fsp3) is 0.667. The van der Waals surface area contributed by atoms with Gasteiger partial charge in [0.15, 0.2) is 0 Å². The Bertz CT molecular complexity index is 428. The number of aromatic nitrogens is 2. The first-order valence-electron chi connectivity index (χ1n) is 6.31. The van der Waals surface area contributed by atoms with E-state index in [-0.39, 0.29) is 5.91 Å². The van der Waals surface area contributed by atoms with Crippen molar-refractivity contribution < 1.29 is 4.79 Å². The Hall–Kier alpha value is -1.52. The standard InChI is InChI=1S/C12H18N4O/c13-10-6-15-16-11(10)12(17)14-5-9-4-7-1-2-8(9)3-7/h6-9H,1-5,13H2,(H,14,17)(H,15,16). The number of hydrogen-bond donors (Lipinski definition) is 3. The van der Waals surface area contributed by atoms with Gasteiger partial charge in [0, 0.05) is 6.54 Å². The van der Waals surface area contributed by atoms with E-state index in [4.69, 9.17) is 5.73 Å². The Morgan fingerprint density at radius 3 is 3.00 bits per heavy atom. The van der Waals surface area contributed by atoms with Gasteiger partial charge in [0.1, 0.15) is 5.69 Å². The maximum absolute atomic E-state index is 11.8. The molecule has 3 atom stereocenters. The summed E-state index contributed by atoms with van der Waals surface area (Å²) in [6.07, 6.45) is 6.85. The van der Waals surface area contributed by atoms with Crippen LogP contribution in [0.4, 0.5) is 5.69 Å². The molecule has 1 aromatic rings. The highest BCUT2D eigenvalue weighted by molar-refractivity contribution is 5.96. The highest BCUT2D eigenvalue weighted by atomic mass is 16.1. The highest BCUT2D eigenvalue weighted by Gasteiger charge is 2.39. The van der Waals surface area contributed by atoms with E-state index < -0.39 is 0 Å². The summed E-state index contributed by atoms with van der Waals surface area (Å²) in [6.45, 7) is 0.776. The maximum Gasteiger partial charge on any atom is 0.271 e. The molecule has 17 heavy (non-hydrogen) atoms. The predicted molar refractivity (Wildman–Crippen MR) is 64.3 cm³/mol. The van der Waals surface area contributed by atoms with Gasteiger partial charge in [-0.1, -0.05) is 6.42 Å². The topological polar surface area (TPSA) is 83.8 Å². The molecule has 5 nitrogen and oxygen atoms in total. The van der Waals surface area contributed by atoms with Gasteiger partial charge in [0.25, 0.3) is 5.91 Å². The van der Waals surface area contributed by atoms with Crippen LogP contribution < -0.4 is 11.1 Å². The number of nitrogens with zero attached hydrogens (tertiary/aromatic N) is 1. The van der Waals surface area contributed by atoms with Gasteiger partial charge in [0.05, 0.1) is 11.9 Å². The molecule has 1 amide bonds. The fourth-order valence-electron chi connectivity index (χ4n) is 3.42. The van der Waals surface area contributed by atoms with Crippen molar-refractivity contribution >= 4 is 11.6 Å². The van der Waals surface area contributed by atoms with Crippen molar-refractivity contribution in [2.75, 3.05) is 12.3 Å². The predicted octanol–water partition coefficient (Wildman–Crippen LogP) is 1.16. The molecular formula is C12H18N4O. The third-order valence-corrected chi connectivity index (χ3v) is 4.31. The molecule has 2 aliphatic rings. The van der Waals surface area contributed by atoms with Crippen LogP contribution in [0.25, 0.3) is 0 Å². The summed E-state index contributed by atoms with van der Waals surface area (Å²) in [5.74, 6) is 2.28. The second kappa shape index (κ2) is 4.05. The zero-order chi connectivity index (χ0) is 11.8. The average Bonchev–Trinajstić information content (AvgIpc) is 3.01. The van der Waals surface area contributed by atoms with E-state index in [1.807, 2.05) is 0 Å². The van der Waals surface area contributed by atoms with Gasteiger partial charge in [-0.2, -0.15) is 5.10 Å². The Morgan fingerprint density at radius 2 is 2.41 bits per heavy atom. The summed E-state index contributed by atoms with van der Waals surface area (Å²) in [7, 11) is 0. The SMILES string of the molecule is Nc1cn[nH]c1C(=O)NCC1CC2CCC1C2. The summed E-state index contributed by atoms with van der Waals surface area (Å²) in [5, 5.41) is 9.34. The lowest BCUT2D eigenvalue weighted by molar-refractivity contribution is 0.0937. The van der Waals surface area contributed by atoms with E-state index in [9.17, 15) is 4.79 Å². The molecule has 1 aromatic heterocycles. The van der Waals surface area contributed by atoms with Gasteiger partial charge in [-0.05, 0) is 37.0 Å². The second-order valence-corrected chi connectivity index (χ2v) is 5.35. The zero-order valence-corrected chi connectivity index (χ0v) is 9.78. The van der Waals surface area contributed by atoms with E-state index in [0.717, 1.165) is 18.4 Å². The fourth-order valence-corrected chi connectivity index (χ4v) is 3.42. The number of hydrogen-bond acceptors (Lipinski definition) is 3. The molecule has 1 heterocycles. The second-order valence-electron chi connectivity index (χ2n) is 5.35. The van der Waals surface area contributed by atoms with Gasteiger partial charge in [-0.15, -0.1) is 0 Å². The summed E-state index contributed by atoms with van der Waals surface area (Å²) < 4.78 is 0. The summed E-state index contributed by atoms with van der Waals surface area (Å²) in [4.78, 5) is 11.8. The van der Waals surface area contributed by atoms with Crippen molar-refractivity contribution in [3.63, 3.8) is 0 Å². The van der Waals surface area contributed by atoms with Crippen molar-refractivity contribution in [1.29, 1.82) is 0 Å². The average molecular weight is 234 g/mol. The lowest BCUT2D eigenvalue weighted by atomic mass is 9.89. The van der Waals surface area contributed by atoms with Crippen LogP contribution in [-0.2, 0) is 0 Å². The number of aromatic amines is 1. The first-order valence-corrected chi connectivity index (χ1v) is 6.31. The smallest absolute Gasteiger partial charge is 0.271 e. The van der Waals surface area contributed by atoms with Crippen molar-refractivity contribution in [2.45, 2.75) is 25.7 Å². The Labute approximate surface area is 100 Å². The lowest BCUT2D eigenvalue weighted by Crippen LogP contribution is -2.32. The Balaban J connectivity index is 1.55. The number of H-pyrrole nitrogens is 1. The number of nitrogen functional groups attached to an aromatic ring is 1. The van der Waals surface area contributed by atoms with Crippen LogP contribution in [0.2, 0.25) is 0 Å². The molecule has 3 rings (SSSR count). The van der Waals surface area contributed by atoms with Crippen molar-refractivity contribution in [3.8, 4) is 0 Å². The van der Waals surface area contributed by atoms with Gasteiger partial charge in [-0.3, -0.25) is 9.89 Å². The number of rotatable bonds is 3. The number of nitrogens with two attached hydrogens (primary N) is 1. The minimum absolute atomic E-state index is 0.136. The molecule has 0 saturated heterocycles. The Morgan fingerprint density at radius 1 is 1.53 bits per heavy atom. The van der Waals surface area contributed by atoms with E-state index in [1.54, 1.807) is 0 Å². The number of fused-ring (bicyclic) bond motifs is 2. The molecular weight excluding hydrogens is 216 g/mol. The zero-order valence-electron chi connectivity index (χ0n) is 9.78. The van der Waals surface area contributed by atoms with Gasteiger partial charge in [0.2, 0.25) is 0 Å². The molecule has 92 valence electrons. The number of carbonyl (C=O) groups excluding carboxylic acids is 1. The molecule has 2 fully saturated rings. The van der Waals surface area contributed by atoms with Gasteiger partial charge in [-0.25, -0.2) is 0 Å². The summed E-state index contributed by atoms with van der Waals surface area (Å²) in [5.41, 5.74) is 6.43. The minimum atomic E-state index is -0.136. The van der Waals surface area contributed by atoms with E-state index in [1.165, 1.54) is 31.9 Å². The number of carbonyl (C=O) groups is 1. The monoisotopic (exact) mass is 234 g/mol. The normalized spacial score (nSPS) is 30.7. The van der Waals surface area contributed by atoms with Crippen LogP contribution in [0.5, 0.6) is 0 Å². The molecule has 4 N–H and O–H groups in total. The van der Waals surface area contributed by atoms with Crippen molar-refractivity contribution in [1.82, 2.24) is 15.5 Å². The van der Waals surface area contributed by atoms with E-state index >= 15 is 0 Å². The quantitative estimate of drug-likeness (QED) is 0.733. The molecule has 2 aliphatic carbocycles. The molecule has 0 spiro atoms. The first-order chi connectivity index (χ1) is 8.24. The molecule has 0 aromatic carbocycles. The Kier molecular flexibility index (Phi) is 2.53. The third kappa shape index (κ3) is 1.90. The third-order valence-electron chi connectivity index (χ3n) is 4.31. The number of amides is 1. The minimum Gasteiger partial charge on any atom is -0.396 e. The van der Waals surface area contributed by atoms with Crippen LogP contribution in [-0.4, -0.2) is 22.6 Å². The van der Waals surface area contributed by atoms with Gasteiger partial charge >= 0.3 is 0 Å². The highest BCUT2D eigenvalue weighted by Crippen LogP contribution is 2.47. The first kappa shape index (κ1) is 10.6. The summed E-state index contributed by atoms with van der Waals surface area (Å²) >= 11 is 0. The van der Waals surface area contributed by atoms with Crippen LogP contribution in [0.15, 0.2) is 6.20 Å². The summed E-state index contributed by atoms with van der Waals surface area (Å²) in [6, 6.07) is 0. The molecule has 3 unspecified atom stereocenters. The maximum atomic E-state index is 11.8. The van der Waals surface area contributed by atoms with Crippen molar-refractivity contribution in [2.24, 2.45) is 17.8 Å². The molecule has 2 bridgehead atoms. The number of anilines is 1. The van der Waals surface area contributed by atoms with Gasteiger partial charge < -0.3 is 11.1 Å². The molecule has 2 saturated carbocycles. The lowest BCUT2D eigenvalue weighted by Gasteiger charge is -2.21. The van der Waals surface area contributed by atoms with Crippen molar-refractivity contribution in [3.05, 3.63) is 11.9 Å². The largest absolute Gasteiger partial charge is 0.396 e. The van der Waals surface area contributed by atoms with E-state index in [0.29, 0.717) is 17.3 Å². The molecule has 0 radical (unpaired) electrons. The molecule has 5 heteroatoms. The number of nitrogens with one attached hydrogen (secondary N) is 2. The van der Waals surface area contributed by atoms with Crippen LogP contribution in [0, 0.1) is 17.8 Å². The van der Waals surface area contributed by atoms with E-state index in [2.05, 4.69) is 15.5 Å². The molecule has 0 aliphatic heterocycles.